The van der Waals surface area contributed by atoms with E-state index in [1.165, 1.54) is 31.0 Å². The molecule has 0 fully saturated rings. The minimum atomic E-state index is -1.28. The van der Waals surface area contributed by atoms with E-state index in [2.05, 4.69) is 16.0 Å². The Bertz CT molecular complexity index is 1030. The Morgan fingerprint density at radius 3 is 2.10 bits per heavy atom. The summed E-state index contributed by atoms with van der Waals surface area (Å²) in [5, 5.41) is 26.1. The highest BCUT2D eigenvalue weighted by molar-refractivity contribution is 5.95. The predicted octanol–water partition coefficient (Wildman–Crippen LogP) is -0.305. The molecular weight excluding hydrogens is 522 g/mol. The molecule has 1 aromatic carbocycles. The van der Waals surface area contributed by atoms with Crippen molar-refractivity contribution in [1.29, 1.82) is 0 Å². The van der Waals surface area contributed by atoms with E-state index in [0.29, 0.717) is 31.2 Å². The van der Waals surface area contributed by atoms with Gasteiger partial charge in [0, 0.05) is 20.4 Å². The van der Waals surface area contributed by atoms with Gasteiger partial charge in [0.2, 0.25) is 23.6 Å². The highest BCUT2D eigenvalue weighted by Gasteiger charge is 2.33. The molecule has 0 aliphatic heterocycles. The van der Waals surface area contributed by atoms with E-state index >= 15 is 0 Å². The number of amides is 4. The van der Waals surface area contributed by atoms with E-state index in [1.54, 1.807) is 26.0 Å². The summed E-state index contributed by atoms with van der Waals surface area (Å²) in [5.41, 5.74) is 6.22. The fourth-order valence-corrected chi connectivity index (χ4v) is 3.89. The molecule has 0 spiro atoms. The van der Waals surface area contributed by atoms with E-state index < -0.39 is 60.2 Å². The Kier molecular flexibility index (Phi) is 14.3. The molecule has 4 amide bonds. The Balaban J connectivity index is 3.12. The number of benzene rings is 1. The van der Waals surface area contributed by atoms with Crippen LogP contribution in [-0.2, 0) is 35.2 Å². The van der Waals surface area contributed by atoms with Crippen LogP contribution in [0.3, 0.4) is 0 Å². The zero-order valence-corrected chi connectivity index (χ0v) is 23.4. The smallest absolute Gasteiger partial charge is 0.305 e. The largest absolute Gasteiger partial charge is 0.508 e. The number of phenolic OH excluding ortho intramolecular Hbond substituents is 1. The number of hydrogen-bond donors (Lipinski definition) is 6. The van der Waals surface area contributed by atoms with Gasteiger partial charge in [0.25, 0.3) is 0 Å². The van der Waals surface area contributed by atoms with Crippen LogP contribution in [0.25, 0.3) is 0 Å². The van der Waals surface area contributed by atoms with Gasteiger partial charge in [-0.15, -0.1) is 0 Å². The van der Waals surface area contributed by atoms with Crippen molar-refractivity contribution in [2.75, 3.05) is 13.6 Å². The number of nitrogens with one attached hydrogen (secondary N) is 3. The molecule has 40 heavy (non-hydrogen) atoms. The fraction of sp³-hybridized carbons (Fsp3) is 0.556. The highest BCUT2D eigenvalue weighted by Crippen LogP contribution is 2.15. The second kappa shape index (κ2) is 16.9. The molecule has 4 unspecified atom stereocenters. The molecule has 0 aliphatic rings. The van der Waals surface area contributed by atoms with Gasteiger partial charge in [-0.1, -0.05) is 26.0 Å². The summed E-state index contributed by atoms with van der Waals surface area (Å²) >= 11 is 0. The lowest BCUT2D eigenvalue weighted by molar-refractivity contribution is -0.140. The second-order valence-electron chi connectivity index (χ2n) is 9.94. The normalized spacial score (nSPS) is 13.8. The van der Waals surface area contributed by atoms with Crippen molar-refractivity contribution < 1.29 is 39.0 Å². The third-order valence-electron chi connectivity index (χ3n) is 6.35. The third kappa shape index (κ3) is 11.4. The average Bonchev–Trinajstić information content (AvgIpc) is 2.89. The summed E-state index contributed by atoms with van der Waals surface area (Å²) in [6.45, 7) is 5.07. The number of phenols is 1. The number of hydrogen-bond acceptors (Lipinski definition) is 8. The number of aromatic hydroxyl groups is 1. The molecule has 1 rings (SSSR count). The van der Waals surface area contributed by atoms with E-state index in [9.17, 15) is 33.9 Å². The number of carboxylic acids is 1. The zero-order chi connectivity index (χ0) is 30.4. The van der Waals surface area contributed by atoms with Crippen LogP contribution in [0.5, 0.6) is 5.75 Å². The second-order valence-corrected chi connectivity index (χ2v) is 9.94. The number of aliphatic carboxylic acids is 1. The summed E-state index contributed by atoms with van der Waals surface area (Å²) in [4.78, 5) is 75.2. The van der Waals surface area contributed by atoms with Gasteiger partial charge in [-0.3, -0.25) is 24.0 Å². The Labute approximate surface area is 233 Å². The topological polar surface area (TPSA) is 208 Å². The van der Waals surface area contributed by atoms with Gasteiger partial charge in [0.1, 0.15) is 30.2 Å². The first-order valence-electron chi connectivity index (χ1n) is 13.1. The lowest BCUT2D eigenvalue weighted by atomic mass is 9.99. The molecule has 4 atom stereocenters. The highest BCUT2D eigenvalue weighted by atomic mass is 16.4. The van der Waals surface area contributed by atoms with Crippen molar-refractivity contribution in [3.05, 3.63) is 29.8 Å². The minimum absolute atomic E-state index is 0.0497. The van der Waals surface area contributed by atoms with Gasteiger partial charge >= 0.3 is 5.97 Å². The van der Waals surface area contributed by atoms with Crippen LogP contribution in [0.4, 0.5) is 0 Å². The lowest BCUT2D eigenvalue weighted by Gasteiger charge is -2.30. The van der Waals surface area contributed by atoms with Crippen LogP contribution in [0.1, 0.15) is 52.0 Å². The number of nitrogens with two attached hydrogens (primary N) is 1. The van der Waals surface area contributed by atoms with Crippen molar-refractivity contribution in [2.24, 2.45) is 11.7 Å². The standard InChI is InChI=1S/C27H41N5O8/c1-16(2)24(31-26(39)22(32(4)17(3)34)13-18-8-10-20(35)11-9-18)27(40)30-21(7-5-6-12-28)25(38)29-19(15-33)14-23(36)37/h8-11,15-16,19,21-22,24,35H,5-7,12-14,28H2,1-4H3,(H,29,38)(H,30,40)(H,31,39)(H,36,37). The van der Waals surface area contributed by atoms with Gasteiger partial charge in [0.05, 0.1) is 12.5 Å². The van der Waals surface area contributed by atoms with Gasteiger partial charge in [-0.2, -0.15) is 0 Å². The van der Waals surface area contributed by atoms with Crippen LogP contribution in [0.2, 0.25) is 0 Å². The van der Waals surface area contributed by atoms with E-state index in [1.807, 2.05) is 0 Å². The summed E-state index contributed by atoms with van der Waals surface area (Å²) in [7, 11) is 1.47. The molecular formula is C27H41N5O8. The number of carboxylic acid groups (broad SMARTS) is 1. The van der Waals surface area contributed by atoms with Crippen LogP contribution < -0.4 is 21.7 Å². The van der Waals surface area contributed by atoms with Crippen molar-refractivity contribution in [3.8, 4) is 5.75 Å². The van der Waals surface area contributed by atoms with Gasteiger partial charge in [0.15, 0.2) is 0 Å². The monoisotopic (exact) mass is 563 g/mol. The maximum Gasteiger partial charge on any atom is 0.305 e. The first kappa shape index (κ1) is 34.0. The van der Waals surface area contributed by atoms with E-state index in [-0.39, 0.29) is 24.5 Å². The quantitative estimate of drug-likeness (QED) is 0.108. The SMILES string of the molecule is CC(=O)N(C)C(Cc1ccc(O)cc1)C(=O)NC(C(=O)NC(CCCCN)C(=O)NC(C=O)CC(=O)O)C(C)C. The summed E-state index contributed by atoms with van der Waals surface area (Å²) in [6.07, 6.45) is 1.01. The summed E-state index contributed by atoms with van der Waals surface area (Å²) in [6, 6.07) is 1.73. The fourth-order valence-electron chi connectivity index (χ4n) is 3.89. The molecule has 0 saturated heterocycles. The molecule has 0 radical (unpaired) electrons. The molecule has 0 aromatic heterocycles. The molecule has 0 bridgehead atoms. The number of carbonyl (C=O) groups is 6. The molecule has 13 nitrogen and oxygen atoms in total. The van der Waals surface area contributed by atoms with Crippen LogP contribution in [-0.4, -0.2) is 88.8 Å². The number of unbranched alkanes of at least 4 members (excludes halogenated alkanes) is 1. The number of carbonyl (C=O) groups excluding carboxylic acids is 5. The molecule has 7 N–H and O–H groups in total. The average molecular weight is 564 g/mol. The molecule has 1 aromatic rings. The summed E-state index contributed by atoms with van der Waals surface area (Å²) < 4.78 is 0. The van der Waals surface area contributed by atoms with Crippen LogP contribution in [0, 0.1) is 5.92 Å². The number of rotatable bonds is 17. The maximum atomic E-state index is 13.4. The van der Waals surface area contributed by atoms with Crippen molar-refractivity contribution in [2.45, 2.75) is 77.0 Å². The predicted molar refractivity (Wildman–Crippen MR) is 146 cm³/mol. The first-order chi connectivity index (χ1) is 18.8. The van der Waals surface area contributed by atoms with E-state index in [0.717, 1.165) is 0 Å². The Morgan fingerprint density at radius 1 is 0.975 bits per heavy atom. The van der Waals surface area contributed by atoms with Crippen molar-refractivity contribution >= 4 is 35.9 Å². The zero-order valence-electron chi connectivity index (χ0n) is 23.4. The maximum absolute atomic E-state index is 13.4. The third-order valence-corrected chi connectivity index (χ3v) is 6.35. The number of aldehydes is 1. The molecule has 13 heteroatoms. The molecule has 0 saturated carbocycles. The van der Waals surface area contributed by atoms with Gasteiger partial charge in [-0.25, -0.2) is 0 Å². The Hall–Kier alpha value is -4.00. The number of nitrogens with zero attached hydrogens (tertiary/aromatic N) is 1. The summed E-state index contributed by atoms with van der Waals surface area (Å²) in [5.74, 6) is -4.00. The molecule has 0 aliphatic carbocycles. The Morgan fingerprint density at radius 2 is 1.60 bits per heavy atom. The number of likely N-dealkylation sites (N-methyl/N-ethyl adjacent to an activating group) is 1. The van der Waals surface area contributed by atoms with Crippen molar-refractivity contribution in [1.82, 2.24) is 20.9 Å². The minimum Gasteiger partial charge on any atom is -0.508 e. The van der Waals surface area contributed by atoms with Gasteiger partial charge in [-0.05, 0) is 49.4 Å². The van der Waals surface area contributed by atoms with Crippen LogP contribution >= 0.6 is 0 Å². The lowest BCUT2D eigenvalue weighted by Crippen LogP contribution is -2.59. The van der Waals surface area contributed by atoms with Crippen LogP contribution in [0.15, 0.2) is 24.3 Å². The molecule has 0 heterocycles. The van der Waals surface area contributed by atoms with E-state index in [4.69, 9.17) is 10.8 Å². The molecule has 222 valence electrons. The first-order valence-corrected chi connectivity index (χ1v) is 13.1. The van der Waals surface area contributed by atoms with Gasteiger partial charge < -0.3 is 41.6 Å². The van der Waals surface area contributed by atoms with Crippen molar-refractivity contribution in [3.63, 3.8) is 0 Å².